The number of unbranched alkanes of at least 4 members (excludes halogenated alkanes) is 1. The first-order valence-corrected chi connectivity index (χ1v) is 8.99. The van der Waals surface area contributed by atoms with Crippen molar-refractivity contribution in [2.24, 2.45) is 0 Å². The number of nitrogens with one attached hydrogen (secondary N) is 1. The molecule has 1 aliphatic heterocycles. The van der Waals surface area contributed by atoms with Gasteiger partial charge in [0.2, 0.25) is 15.9 Å². The van der Waals surface area contributed by atoms with Crippen molar-refractivity contribution in [3.05, 3.63) is 23.8 Å². The lowest BCUT2D eigenvalue weighted by atomic mass is 10.1. The number of carbonyl (C=O) groups is 1. The van der Waals surface area contributed by atoms with Gasteiger partial charge in [-0.1, -0.05) is 13.3 Å². The van der Waals surface area contributed by atoms with Crippen LogP contribution in [0.2, 0.25) is 0 Å². The van der Waals surface area contributed by atoms with Gasteiger partial charge in [0.15, 0.2) is 0 Å². The summed E-state index contributed by atoms with van der Waals surface area (Å²) in [5.41, 5.74) is 2.33. The van der Waals surface area contributed by atoms with E-state index in [1.807, 2.05) is 19.9 Å². The molecular formula is C15H22N2O3S. The molecule has 0 unspecified atom stereocenters. The number of benzene rings is 1. The van der Waals surface area contributed by atoms with Crippen LogP contribution in [-0.4, -0.2) is 26.6 Å². The maximum Gasteiger partial charge on any atom is 0.232 e. The van der Waals surface area contributed by atoms with Crippen LogP contribution in [0.25, 0.3) is 0 Å². The van der Waals surface area contributed by atoms with Crippen molar-refractivity contribution in [2.45, 2.75) is 39.5 Å². The lowest BCUT2D eigenvalue weighted by Gasteiger charge is -2.19. The van der Waals surface area contributed by atoms with Gasteiger partial charge in [0, 0.05) is 24.3 Å². The summed E-state index contributed by atoms with van der Waals surface area (Å²) in [7, 11) is -3.29. The summed E-state index contributed by atoms with van der Waals surface area (Å²) in [6.45, 7) is 4.59. The molecule has 116 valence electrons. The van der Waals surface area contributed by atoms with Gasteiger partial charge >= 0.3 is 0 Å². The molecule has 1 aromatic rings. The zero-order valence-electron chi connectivity index (χ0n) is 12.6. The molecule has 1 heterocycles. The molecule has 0 bridgehead atoms. The van der Waals surface area contributed by atoms with E-state index < -0.39 is 10.0 Å². The fourth-order valence-electron chi connectivity index (χ4n) is 2.49. The van der Waals surface area contributed by atoms with Crippen LogP contribution in [0.1, 0.15) is 38.2 Å². The van der Waals surface area contributed by atoms with E-state index >= 15 is 0 Å². The number of hydrogen-bond acceptors (Lipinski definition) is 3. The van der Waals surface area contributed by atoms with Gasteiger partial charge in [-0.3, -0.25) is 9.52 Å². The Morgan fingerprint density at radius 1 is 1.33 bits per heavy atom. The fourth-order valence-corrected chi connectivity index (χ4v) is 3.75. The summed E-state index contributed by atoms with van der Waals surface area (Å²) in [5, 5.41) is 0. The van der Waals surface area contributed by atoms with E-state index in [9.17, 15) is 13.2 Å². The second-order valence-electron chi connectivity index (χ2n) is 5.42. The van der Waals surface area contributed by atoms with E-state index in [4.69, 9.17) is 0 Å². The molecule has 5 nitrogen and oxygen atoms in total. The second kappa shape index (κ2) is 6.47. The molecule has 1 amide bonds. The average molecular weight is 310 g/mol. The molecule has 6 heteroatoms. The highest BCUT2D eigenvalue weighted by molar-refractivity contribution is 7.92. The highest BCUT2D eigenvalue weighted by Crippen LogP contribution is 2.27. The first-order valence-electron chi connectivity index (χ1n) is 7.34. The van der Waals surface area contributed by atoms with Gasteiger partial charge in [-0.15, -0.1) is 0 Å². The van der Waals surface area contributed by atoms with Crippen molar-refractivity contribution in [3.63, 3.8) is 0 Å². The third-order valence-corrected chi connectivity index (χ3v) is 4.97. The molecular weight excluding hydrogens is 288 g/mol. The van der Waals surface area contributed by atoms with E-state index in [-0.39, 0.29) is 11.7 Å². The van der Waals surface area contributed by atoms with Crippen molar-refractivity contribution in [3.8, 4) is 0 Å². The number of aryl methyl sites for hydroxylation is 1. The molecule has 2 rings (SSSR count). The lowest BCUT2D eigenvalue weighted by Crippen LogP contribution is -2.24. The molecule has 0 atom stereocenters. The molecule has 1 aromatic carbocycles. The Morgan fingerprint density at radius 3 is 2.67 bits per heavy atom. The number of amides is 1. The van der Waals surface area contributed by atoms with Crippen LogP contribution in [0.4, 0.5) is 11.4 Å². The van der Waals surface area contributed by atoms with Crippen LogP contribution in [-0.2, 0) is 14.8 Å². The lowest BCUT2D eigenvalue weighted by molar-refractivity contribution is -0.117. The predicted molar refractivity (Wildman–Crippen MR) is 85.1 cm³/mol. The van der Waals surface area contributed by atoms with Crippen LogP contribution in [0.15, 0.2) is 18.2 Å². The first kappa shape index (κ1) is 15.8. The van der Waals surface area contributed by atoms with Gasteiger partial charge in [-0.25, -0.2) is 8.42 Å². The van der Waals surface area contributed by atoms with E-state index in [0.29, 0.717) is 18.5 Å². The number of nitrogens with zero attached hydrogens (tertiary/aromatic N) is 1. The normalized spacial score (nSPS) is 15.5. The van der Waals surface area contributed by atoms with Gasteiger partial charge in [0.25, 0.3) is 0 Å². The van der Waals surface area contributed by atoms with E-state index in [0.717, 1.165) is 30.6 Å². The van der Waals surface area contributed by atoms with Crippen molar-refractivity contribution >= 4 is 27.3 Å². The second-order valence-corrected chi connectivity index (χ2v) is 7.27. The van der Waals surface area contributed by atoms with Crippen LogP contribution in [0.5, 0.6) is 0 Å². The zero-order valence-corrected chi connectivity index (χ0v) is 13.4. The van der Waals surface area contributed by atoms with Crippen molar-refractivity contribution in [2.75, 3.05) is 21.9 Å². The van der Waals surface area contributed by atoms with Gasteiger partial charge in [0.05, 0.1) is 5.75 Å². The smallest absolute Gasteiger partial charge is 0.232 e. The molecule has 1 saturated heterocycles. The molecule has 0 spiro atoms. The third-order valence-electron chi connectivity index (χ3n) is 3.60. The molecule has 1 N–H and O–H groups in total. The summed E-state index contributed by atoms with van der Waals surface area (Å²) >= 11 is 0. The molecule has 1 fully saturated rings. The molecule has 0 saturated carbocycles. The Morgan fingerprint density at radius 2 is 2.10 bits per heavy atom. The first-order chi connectivity index (χ1) is 9.93. The Balaban J connectivity index is 2.14. The third kappa shape index (κ3) is 3.97. The Labute approximate surface area is 126 Å². The summed E-state index contributed by atoms with van der Waals surface area (Å²) in [4.78, 5) is 13.5. The largest absolute Gasteiger partial charge is 0.312 e. The van der Waals surface area contributed by atoms with Gasteiger partial charge in [-0.2, -0.15) is 0 Å². The topological polar surface area (TPSA) is 66.5 Å². The minimum atomic E-state index is -3.29. The molecule has 0 radical (unpaired) electrons. The number of sulfonamides is 1. The number of rotatable bonds is 6. The van der Waals surface area contributed by atoms with Crippen molar-refractivity contribution in [1.82, 2.24) is 0 Å². The molecule has 21 heavy (non-hydrogen) atoms. The number of hydrogen-bond donors (Lipinski definition) is 1. The van der Waals surface area contributed by atoms with E-state index in [1.165, 1.54) is 0 Å². The quantitative estimate of drug-likeness (QED) is 0.878. The van der Waals surface area contributed by atoms with E-state index in [2.05, 4.69) is 4.72 Å². The summed E-state index contributed by atoms with van der Waals surface area (Å²) in [6.07, 6.45) is 2.96. The highest BCUT2D eigenvalue weighted by Gasteiger charge is 2.23. The zero-order chi connectivity index (χ0) is 15.5. The molecule has 0 aliphatic carbocycles. The Kier molecular flexibility index (Phi) is 4.88. The number of anilines is 2. The number of carbonyl (C=O) groups excluding carboxylic acids is 1. The van der Waals surface area contributed by atoms with Crippen molar-refractivity contribution in [1.29, 1.82) is 0 Å². The van der Waals surface area contributed by atoms with Crippen LogP contribution in [0, 0.1) is 6.92 Å². The minimum Gasteiger partial charge on any atom is -0.312 e. The standard InChI is InChI=1S/C15H22N2O3S/c1-3-4-10-21(19,20)16-13-7-8-14(12(2)11-13)17-9-5-6-15(17)18/h7-8,11,16H,3-6,9-10H2,1-2H3. The Bertz CT molecular complexity index is 626. The van der Waals surface area contributed by atoms with Crippen molar-refractivity contribution < 1.29 is 13.2 Å². The van der Waals surface area contributed by atoms with Gasteiger partial charge in [-0.05, 0) is 43.5 Å². The maximum absolute atomic E-state index is 11.9. The van der Waals surface area contributed by atoms with Crippen LogP contribution < -0.4 is 9.62 Å². The van der Waals surface area contributed by atoms with E-state index in [1.54, 1.807) is 17.0 Å². The summed E-state index contributed by atoms with van der Waals surface area (Å²) < 4.78 is 26.4. The SMILES string of the molecule is CCCCS(=O)(=O)Nc1ccc(N2CCCC2=O)c(C)c1. The molecule has 0 aromatic heterocycles. The maximum atomic E-state index is 11.9. The summed E-state index contributed by atoms with van der Waals surface area (Å²) in [6, 6.07) is 5.32. The predicted octanol–water partition coefficient (Wildman–Crippen LogP) is 2.66. The van der Waals surface area contributed by atoms with Crippen LogP contribution >= 0.6 is 0 Å². The molecule has 1 aliphatic rings. The fraction of sp³-hybridized carbons (Fsp3) is 0.533. The highest BCUT2D eigenvalue weighted by atomic mass is 32.2. The van der Waals surface area contributed by atoms with Gasteiger partial charge < -0.3 is 4.90 Å². The monoisotopic (exact) mass is 310 g/mol. The summed E-state index contributed by atoms with van der Waals surface area (Å²) in [5.74, 6) is 0.268. The van der Waals surface area contributed by atoms with Gasteiger partial charge in [0.1, 0.15) is 0 Å². The minimum absolute atomic E-state index is 0.134. The average Bonchev–Trinajstić information content (AvgIpc) is 2.82. The van der Waals surface area contributed by atoms with Crippen LogP contribution in [0.3, 0.4) is 0 Å². The Hall–Kier alpha value is -1.56.